The summed E-state index contributed by atoms with van der Waals surface area (Å²) >= 11 is 2.89. The summed E-state index contributed by atoms with van der Waals surface area (Å²) in [5.41, 5.74) is -0.393. The zero-order chi connectivity index (χ0) is 10.2. The van der Waals surface area contributed by atoms with Gasteiger partial charge in [0.1, 0.15) is 0 Å². The second-order valence-corrected chi connectivity index (χ2v) is 1.89. The van der Waals surface area contributed by atoms with E-state index in [0.29, 0.717) is 0 Å². The van der Waals surface area contributed by atoms with Crippen molar-refractivity contribution in [3.63, 3.8) is 0 Å². The number of nitrogens with zero attached hydrogens (tertiary/aromatic N) is 2. The molecule has 0 N–H and O–H groups in total. The highest BCUT2D eigenvalue weighted by Crippen LogP contribution is 2.05. The predicted molar refractivity (Wildman–Crippen MR) is 34.5 cm³/mol. The first-order valence-corrected chi connectivity index (χ1v) is 2.63. The van der Waals surface area contributed by atoms with E-state index in [1.54, 1.807) is 0 Å². The minimum absolute atomic E-state index is 0.0497. The molecule has 0 aromatic carbocycles. The van der Waals surface area contributed by atoms with Gasteiger partial charge < -0.3 is 0 Å². The molecule has 0 amide bonds. The summed E-state index contributed by atoms with van der Waals surface area (Å²) in [6, 6.07) is -0.306. The predicted octanol–water partition coefficient (Wildman–Crippen LogP) is 1.55. The Morgan fingerprint density at radius 2 is 2.88 bits per heavy atom. The molecule has 0 aliphatic rings. The Hall–Kier alpha value is -0.440. The molecule has 0 atom stereocenters. The molecule has 1 rings (SSSR count). The number of rotatable bonds is 0. The van der Waals surface area contributed by atoms with Crippen LogP contribution < -0.4 is 0 Å². The molecule has 1 heterocycles. The third-order valence-corrected chi connectivity index (χ3v) is 0.902. The van der Waals surface area contributed by atoms with Crippen molar-refractivity contribution in [2.24, 2.45) is 0 Å². The first kappa shape index (κ1) is 2.06. The second kappa shape index (κ2) is 2.22. The Balaban J connectivity index is 3.35. The van der Waals surface area contributed by atoms with Crippen LogP contribution in [0, 0.1) is 6.85 Å². The summed E-state index contributed by atoms with van der Waals surface area (Å²) in [6.45, 7) is -2.46. The van der Waals surface area contributed by atoms with Crippen molar-refractivity contribution in [3.05, 3.63) is 22.4 Å². The third-order valence-electron chi connectivity index (χ3n) is 0.526. The monoisotopic (exact) mass is 177 g/mol. The van der Waals surface area contributed by atoms with Gasteiger partial charge in [-0.15, -0.1) is 0 Å². The first-order valence-electron chi connectivity index (χ1n) is 4.34. The number of hydrogen-bond acceptors (Lipinski definition) is 2. The molecule has 8 heavy (non-hydrogen) atoms. The average molecular weight is 178 g/mol. The fourth-order valence-electron chi connectivity index (χ4n) is 0.276. The Bertz CT molecular complexity index is 336. The van der Waals surface area contributed by atoms with Crippen LogP contribution in [0.4, 0.5) is 0 Å². The summed E-state index contributed by atoms with van der Waals surface area (Å²) in [7, 11) is 0. The molecular weight excluding hydrogens is 168 g/mol. The van der Waals surface area contributed by atoms with Gasteiger partial charge in [0.2, 0.25) is 0 Å². The van der Waals surface area contributed by atoms with Crippen molar-refractivity contribution in [1.82, 2.24) is 10.2 Å². The molecule has 0 fully saturated rings. The van der Waals surface area contributed by atoms with Crippen molar-refractivity contribution in [3.8, 4) is 0 Å². The van der Waals surface area contributed by atoms with Crippen molar-refractivity contribution >= 4 is 15.9 Å². The van der Waals surface area contributed by atoms with Gasteiger partial charge in [-0.3, -0.25) is 0 Å². The van der Waals surface area contributed by atoms with Crippen LogP contribution in [0.3, 0.4) is 0 Å². The lowest BCUT2D eigenvalue weighted by atomic mass is 10.4. The summed E-state index contributed by atoms with van der Waals surface area (Å²) in [6.07, 6.45) is -0.238. The van der Waals surface area contributed by atoms with Crippen LogP contribution in [0.1, 0.15) is 12.5 Å². The van der Waals surface area contributed by atoms with E-state index in [2.05, 4.69) is 26.1 Å². The molecule has 1 aromatic heterocycles. The lowest BCUT2D eigenvalue weighted by Gasteiger charge is -1.86. The molecule has 0 radical (unpaired) electrons. The molecule has 0 saturated heterocycles. The topological polar surface area (TPSA) is 25.8 Å². The lowest BCUT2D eigenvalue weighted by molar-refractivity contribution is 0.973. The zero-order valence-corrected chi connectivity index (χ0v) is 5.36. The minimum Gasteiger partial charge on any atom is -0.158 e. The Kier molecular flexibility index (Phi) is 0.572. The van der Waals surface area contributed by atoms with Gasteiger partial charge in [-0.1, -0.05) is 0 Å². The van der Waals surface area contributed by atoms with Gasteiger partial charge in [0, 0.05) is 8.58 Å². The second-order valence-electron chi connectivity index (χ2n) is 1.10. The summed E-state index contributed by atoms with van der Waals surface area (Å²) < 4.78 is 35.6. The Labute approximate surface area is 63.1 Å². The van der Waals surface area contributed by atoms with Crippen LogP contribution in [0.5, 0.6) is 0 Å². The summed E-state index contributed by atoms with van der Waals surface area (Å²) in [5.74, 6) is 0. The van der Waals surface area contributed by atoms with E-state index in [-0.39, 0.29) is 16.7 Å². The maximum absolute atomic E-state index is 7.36. The molecule has 42 valence electrons. The smallest absolute Gasteiger partial charge is 0.0872 e. The van der Waals surface area contributed by atoms with Gasteiger partial charge in [-0.05, 0) is 28.8 Å². The van der Waals surface area contributed by atoms with Crippen LogP contribution in [0.2, 0.25) is 0 Å². The molecule has 0 bridgehead atoms. The molecular formula is C5H5BrN2. The Morgan fingerprint density at radius 3 is 3.62 bits per heavy atom. The number of aromatic nitrogens is 2. The van der Waals surface area contributed by atoms with Crippen molar-refractivity contribution < 1.29 is 6.85 Å². The van der Waals surface area contributed by atoms with Crippen LogP contribution in [0.25, 0.3) is 0 Å². The highest BCUT2D eigenvalue weighted by atomic mass is 79.9. The molecule has 3 heteroatoms. The van der Waals surface area contributed by atoms with Gasteiger partial charge in [0.15, 0.2) is 0 Å². The van der Waals surface area contributed by atoms with Gasteiger partial charge in [-0.25, -0.2) is 0 Å². The molecule has 0 unspecified atom stereocenters. The molecule has 0 aliphatic heterocycles. The quantitative estimate of drug-likeness (QED) is 0.602. The maximum Gasteiger partial charge on any atom is 0.0872 e. The van der Waals surface area contributed by atoms with E-state index in [9.17, 15) is 0 Å². The molecule has 1 aromatic rings. The maximum atomic E-state index is 7.36. The van der Waals surface area contributed by atoms with E-state index >= 15 is 0 Å². The van der Waals surface area contributed by atoms with Crippen molar-refractivity contribution in [1.29, 1.82) is 0 Å². The molecule has 0 spiro atoms. The highest BCUT2D eigenvalue weighted by Gasteiger charge is 1.85. The average Bonchev–Trinajstić information content (AvgIpc) is 1.98. The van der Waals surface area contributed by atoms with E-state index in [1.165, 1.54) is 0 Å². The van der Waals surface area contributed by atoms with Gasteiger partial charge in [0.05, 0.1) is 14.6 Å². The van der Waals surface area contributed by atoms with Crippen LogP contribution in [-0.4, -0.2) is 10.2 Å². The molecule has 2 nitrogen and oxygen atoms in total. The SMILES string of the molecule is [2H]c1nnc(C([2H])([2H])[2H])c([2H])c1Br. The minimum atomic E-state index is -2.46. The fraction of sp³-hybridized carbons (Fsp3) is 0.200. The summed E-state index contributed by atoms with van der Waals surface area (Å²) in [4.78, 5) is 0. The van der Waals surface area contributed by atoms with E-state index in [1.807, 2.05) is 0 Å². The number of hydrogen-bond donors (Lipinski definition) is 0. The Morgan fingerprint density at radius 1 is 2.00 bits per heavy atom. The third kappa shape index (κ3) is 1.26. The van der Waals surface area contributed by atoms with Crippen LogP contribution in [0.15, 0.2) is 16.7 Å². The van der Waals surface area contributed by atoms with Crippen molar-refractivity contribution in [2.75, 3.05) is 0 Å². The van der Waals surface area contributed by atoms with Gasteiger partial charge in [0.25, 0.3) is 0 Å². The molecule has 0 saturated carbocycles. The molecule has 0 aliphatic carbocycles. The van der Waals surface area contributed by atoms with E-state index < -0.39 is 12.5 Å². The van der Waals surface area contributed by atoms with Gasteiger partial charge in [-0.2, -0.15) is 10.2 Å². The standard InChI is InChI=1S/C5H5BrN2/c1-4-2-5(6)3-7-8-4/h2-3H,1H3/i1D3,2D,3D. The van der Waals surface area contributed by atoms with Gasteiger partial charge >= 0.3 is 0 Å². The first-order chi connectivity index (χ1) is 5.84. The number of halogens is 1. The van der Waals surface area contributed by atoms with Crippen molar-refractivity contribution in [2.45, 2.75) is 6.85 Å². The van der Waals surface area contributed by atoms with E-state index in [0.717, 1.165) is 0 Å². The largest absolute Gasteiger partial charge is 0.158 e. The fourth-order valence-corrected chi connectivity index (χ4v) is 0.543. The van der Waals surface area contributed by atoms with E-state index in [4.69, 9.17) is 6.85 Å². The zero-order valence-electron chi connectivity index (χ0n) is 8.77. The number of aryl methyl sites for hydroxylation is 1. The van der Waals surface area contributed by atoms with Crippen LogP contribution >= 0.6 is 15.9 Å². The van der Waals surface area contributed by atoms with Crippen LogP contribution in [-0.2, 0) is 0 Å². The normalized spacial score (nSPS) is 19.9. The highest BCUT2D eigenvalue weighted by molar-refractivity contribution is 9.10. The lowest BCUT2D eigenvalue weighted by Crippen LogP contribution is -1.82. The summed E-state index contributed by atoms with van der Waals surface area (Å²) in [5, 5.41) is 6.59.